The maximum absolute atomic E-state index is 12.1. The van der Waals surface area contributed by atoms with Gasteiger partial charge in [-0.1, -0.05) is 43.3 Å². The van der Waals surface area contributed by atoms with E-state index in [1.54, 1.807) is 0 Å². The third-order valence-electron chi connectivity index (χ3n) is 3.29. The molecule has 2 aromatic rings. The Hall–Kier alpha value is -1.91. The van der Waals surface area contributed by atoms with Gasteiger partial charge in [-0.05, 0) is 18.0 Å². The second kappa shape index (κ2) is 7.03. The molecular weight excluding hydrogens is 252 g/mol. The van der Waals surface area contributed by atoms with Gasteiger partial charge < -0.3 is 10.4 Å². The Bertz CT molecular complexity index is 578. The van der Waals surface area contributed by atoms with Crippen LogP contribution in [-0.2, 0) is 4.79 Å². The van der Waals surface area contributed by atoms with Gasteiger partial charge in [-0.3, -0.25) is 9.69 Å². The maximum Gasteiger partial charge on any atom is 0.238 e. The van der Waals surface area contributed by atoms with Crippen LogP contribution in [0.3, 0.4) is 0 Å². The normalized spacial score (nSPS) is 10.9. The lowest BCUT2D eigenvalue weighted by molar-refractivity contribution is -0.117. The van der Waals surface area contributed by atoms with Crippen molar-refractivity contribution < 1.29 is 9.90 Å². The summed E-state index contributed by atoms with van der Waals surface area (Å²) < 4.78 is 0. The molecule has 1 amide bonds. The first-order chi connectivity index (χ1) is 9.74. The Balaban J connectivity index is 2.10. The van der Waals surface area contributed by atoms with Crippen LogP contribution in [0.25, 0.3) is 10.8 Å². The van der Waals surface area contributed by atoms with Gasteiger partial charge in [-0.25, -0.2) is 0 Å². The number of benzene rings is 2. The van der Waals surface area contributed by atoms with E-state index >= 15 is 0 Å². The molecule has 0 atom stereocenters. The summed E-state index contributed by atoms with van der Waals surface area (Å²) in [5, 5.41) is 14.0. The van der Waals surface area contributed by atoms with Gasteiger partial charge in [-0.2, -0.15) is 0 Å². The van der Waals surface area contributed by atoms with Crippen LogP contribution in [-0.4, -0.2) is 42.2 Å². The third kappa shape index (κ3) is 3.56. The van der Waals surface area contributed by atoms with Crippen LogP contribution in [0.5, 0.6) is 0 Å². The minimum absolute atomic E-state index is 0.0587. The smallest absolute Gasteiger partial charge is 0.238 e. The molecule has 2 rings (SSSR count). The van der Waals surface area contributed by atoms with Crippen molar-refractivity contribution in [2.24, 2.45) is 0 Å². The summed E-state index contributed by atoms with van der Waals surface area (Å²) in [7, 11) is 0. The number of nitrogens with zero attached hydrogens (tertiary/aromatic N) is 1. The number of likely N-dealkylation sites (N-methyl/N-ethyl adjacent to an activating group) is 1. The number of aliphatic hydroxyl groups is 1. The van der Waals surface area contributed by atoms with Crippen LogP contribution < -0.4 is 5.32 Å². The molecule has 0 saturated carbocycles. The van der Waals surface area contributed by atoms with Crippen molar-refractivity contribution in [1.82, 2.24) is 4.90 Å². The second-order valence-corrected chi connectivity index (χ2v) is 4.67. The predicted octanol–water partition coefficient (Wildman–Crippen LogP) is 2.09. The van der Waals surface area contributed by atoms with E-state index in [-0.39, 0.29) is 12.5 Å². The van der Waals surface area contributed by atoms with Gasteiger partial charge in [0.25, 0.3) is 0 Å². The largest absolute Gasteiger partial charge is 0.395 e. The monoisotopic (exact) mass is 272 g/mol. The lowest BCUT2D eigenvalue weighted by Crippen LogP contribution is -2.35. The SMILES string of the molecule is CCN(CCO)CC(=O)Nc1cccc2ccccc12. The van der Waals surface area contributed by atoms with Crippen molar-refractivity contribution in [3.63, 3.8) is 0 Å². The van der Waals surface area contributed by atoms with Crippen molar-refractivity contribution in [3.05, 3.63) is 42.5 Å². The lowest BCUT2D eigenvalue weighted by atomic mass is 10.1. The van der Waals surface area contributed by atoms with Crippen LogP contribution in [0.4, 0.5) is 5.69 Å². The van der Waals surface area contributed by atoms with Crippen molar-refractivity contribution in [3.8, 4) is 0 Å². The molecule has 0 spiro atoms. The molecule has 0 aliphatic carbocycles. The van der Waals surface area contributed by atoms with Crippen LogP contribution in [0.15, 0.2) is 42.5 Å². The molecule has 0 aromatic heterocycles. The first-order valence-electron chi connectivity index (χ1n) is 6.85. The van der Waals surface area contributed by atoms with Crippen molar-refractivity contribution >= 4 is 22.4 Å². The predicted molar refractivity (Wildman–Crippen MR) is 81.8 cm³/mol. The van der Waals surface area contributed by atoms with Crippen LogP contribution >= 0.6 is 0 Å². The number of carbonyl (C=O) groups is 1. The maximum atomic E-state index is 12.1. The van der Waals surface area contributed by atoms with Crippen LogP contribution in [0.2, 0.25) is 0 Å². The zero-order valence-electron chi connectivity index (χ0n) is 11.7. The summed E-state index contributed by atoms with van der Waals surface area (Å²) in [6.45, 7) is 3.58. The van der Waals surface area contributed by atoms with E-state index in [4.69, 9.17) is 5.11 Å². The van der Waals surface area contributed by atoms with Gasteiger partial charge in [0.05, 0.1) is 13.2 Å². The Morgan fingerprint density at radius 3 is 2.70 bits per heavy atom. The fourth-order valence-corrected chi connectivity index (χ4v) is 2.22. The Labute approximate surface area is 119 Å². The zero-order chi connectivity index (χ0) is 14.4. The standard InChI is InChI=1S/C16H20N2O2/c1-2-18(10-11-19)12-16(20)17-15-9-5-7-13-6-3-4-8-14(13)15/h3-9,19H,2,10-12H2,1H3,(H,17,20). The number of anilines is 1. The Morgan fingerprint density at radius 2 is 1.95 bits per heavy atom. The van der Waals surface area contributed by atoms with Gasteiger partial charge in [-0.15, -0.1) is 0 Å². The molecule has 4 heteroatoms. The molecular formula is C16H20N2O2. The third-order valence-corrected chi connectivity index (χ3v) is 3.29. The van der Waals surface area contributed by atoms with E-state index in [1.165, 1.54) is 0 Å². The first kappa shape index (κ1) is 14.5. The summed E-state index contributed by atoms with van der Waals surface area (Å²) >= 11 is 0. The van der Waals surface area contributed by atoms with E-state index in [9.17, 15) is 4.79 Å². The van der Waals surface area contributed by atoms with Gasteiger partial charge >= 0.3 is 0 Å². The van der Waals surface area contributed by atoms with Gasteiger partial charge in [0.1, 0.15) is 0 Å². The average Bonchev–Trinajstić information content (AvgIpc) is 2.47. The number of hydrogen-bond donors (Lipinski definition) is 2. The quantitative estimate of drug-likeness (QED) is 0.846. The highest BCUT2D eigenvalue weighted by atomic mass is 16.3. The van der Waals surface area contributed by atoms with Crippen LogP contribution in [0.1, 0.15) is 6.92 Å². The van der Waals surface area contributed by atoms with E-state index in [1.807, 2.05) is 54.3 Å². The number of amides is 1. The summed E-state index contributed by atoms with van der Waals surface area (Å²) in [6, 6.07) is 13.8. The highest BCUT2D eigenvalue weighted by Gasteiger charge is 2.10. The van der Waals surface area contributed by atoms with Crippen molar-refractivity contribution in [2.45, 2.75) is 6.92 Å². The molecule has 0 aliphatic rings. The minimum Gasteiger partial charge on any atom is -0.395 e. The molecule has 0 aliphatic heterocycles. The molecule has 0 bridgehead atoms. The average molecular weight is 272 g/mol. The van der Waals surface area contributed by atoms with E-state index in [0.717, 1.165) is 23.0 Å². The molecule has 0 unspecified atom stereocenters. The zero-order valence-corrected chi connectivity index (χ0v) is 11.7. The summed E-state index contributed by atoms with van der Waals surface area (Å²) in [5.74, 6) is -0.0587. The number of aliphatic hydroxyl groups excluding tert-OH is 1. The molecule has 0 heterocycles. The minimum atomic E-state index is -0.0587. The van der Waals surface area contributed by atoms with E-state index < -0.39 is 0 Å². The van der Waals surface area contributed by atoms with Crippen LogP contribution in [0, 0.1) is 0 Å². The molecule has 0 fully saturated rings. The molecule has 4 nitrogen and oxygen atoms in total. The van der Waals surface area contributed by atoms with E-state index in [2.05, 4.69) is 5.32 Å². The number of fused-ring (bicyclic) bond motifs is 1. The topological polar surface area (TPSA) is 52.6 Å². The van der Waals surface area contributed by atoms with Gasteiger partial charge in [0.15, 0.2) is 0 Å². The first-order valence-corrected chi connectivity index (χ1v) is 6.85. The molecule has 2 N–H and O–H groups in total. The summed E-state index contributed by atoms with van der Waals surface area (Å²) in [4.78, 5) is 14.0. The molecule has 0 radical (unpaired) electrons. The second-order valence-electron chi connectivity index (χ2n) is 4.67. The molecule has 106 valence electrons. The van der Waals surface area contributed by atoms with E-state index in [0.29, 0.717) is 13.1 Å². The fraction of sp³-hybridized carbons (Fsp3) is 0.312. The number of nitrogens with one attached hydrogen (secondary N) is 1. The molecule has 0 saturated heterocycles. The lowest BCUT2D eigenvalue weighted by Gasteiger charge is -2.18. The number of rotatable bonds is 6. The molecule has 2 aromatic carbocycles. The Morgan fingerprint density at radius 1 is 1.20 bits per heavy atom. The summed E-state index contributed by atoms with van der Waals surface area (Å²) in [5.41, 5.74) is 0.827. The Kier molecular flexibility index (Phi) is 5.09. The highest BCUT2D eigenvalue weighted by molar-refractivity contribution is 6.02. The highest BCUT2D eigenvalue weighted by Crippen LogP contribution is 2.22. The fourth-order valence-electron chi connectivity index (χ4n) is 2.22. The van der Waals surface area contributed by atoms with Gasteiger partial charge in [0.2, 0.25) is 5.91 Å². The van der Waals surface area contributed by atoms with Crippen molar-refractivity contribution in [1.29, 1.82) is 0 Å². The number of carbonyl (C=O) groups excluding carboxylic acids is 1. The number of hydrogen-bond acceptors (Lipinski definition) is 3. The molecule has 20 heavy (non-hydrogen) atoms. The van der Waals surface area contributed by atoms with Gasteiger partial charge in [0, 0.05) is 17.6 Å². The summed E-state index contributed by atoms with van der Waals surface area (Å²) in [6.07, 6.45) is 0. The van der Waals surface area contributed by atoms with Crippen molar-refractivity contribution in [2.75, 3.05) is 31.6 Å².